The molecule has 23 heteroatoms. The monoisotopic (exact) mass is 942 g/mol. The van der Waals surface area contributed by atoms with Crippen LogP contribution in [0.3, 0.4) is 0 Å². The van der Waals surface area contributed by atoms with Crippen molar-refractivity contribution >= 4 is 23.6 Å². The van der Waals surface area contributed by atoms with Gasteiger partial charge in [-0.05, 0) is 45.3 Å². The quantitative estimate of drug-likeness (QED) is 0.0272. The third-order valence-electron chi connectivity index (χ3n) is 10.6. The Morgan fingerprint density at radius 2 is 0.892 bits per heavy atom. The minimum Gasteiger partial charge on any atom is -0.394 e. The molecule has 65 heavy (non-hydrogen) atoms. The summed E-state index contributed by atoms with van der Waals surface area (Å²) in [4.78, 5) is 49.8. The highest BCUT2D eigenvalue weighted by Gasteiger charge is 2.46. The minimum absolute atomic E-state index is 0.0178. The number of ether oxygens (including phenoxy) is 8. The maximum absolute atomic E-state index is 12.2. The second-order valence-corrected chi connectivity index (χ2v) is 15.8. The van der Waals surface area contributed by atoms with Crippen LogP contribution < -0.4 is 21.3 Å². The van der Waals surface area contributed by atoms with Gasteiger partial charge in [0.2, 0.25) is 23.6 Å². The standard InChI is InChI=1S/C42H79N5O18/c1-4-47(15-9-5-7-11-33(52)43-13-17-58-19-21-60-23-25-62-41-35(45-29(2)50)39(56)37(54)31(27-48)64-41)16-10-6-8-12-34(53)44-14-18-59-20-22-61-24-26-63-42-36(46-30(3)51)40(57)38(55)32(28-49)65-42/h31-32,35-42,48-49,54-57H,4-28H2,1-3H3,(H,43,52)(H,44,53)(H,45,50)(H,46,51)/t31?,32?,35-,36-,37-,38-,39?,40?,41+,42+/m0/s1. The number of hydrogen-bond donors (Lipinski definition) is 10. The van der Waals surface area contributed by atoms with Crippen molar-refractivity contribution < 1.29 is 87.7 Å². The molecule has 2 heterocycles. The molecule has 2 saturated heterocycles. The SMILES string of the molecule is CCN(CCCCCC(=O)NCCOCCOCCO[C@@H]1OC(CO)[C@H](O)C(O)[C@@H]1NC(C)=O)CCCCCC(=O)NCCOCCOCCO[C@@H]1OC(CO)[C@H](O)C(O)[C@@H]1NC(C)=O. The van der Waals surface area contributed by atoms with Gasteiger partial charge >= 0.3 is 0 Å². The van der Waals surface area contributed by atoms with Gasteiger partial charge in [-0.25, -0.2) is 0 Å². The van der Waals surface area contributed by atoms with Gasteiger partial charge in [0.1, 0.15) is 48.7 Å². The summed E-state index contributed by atoms with van der Waals surface area (Å²) >= 11 is 0. The van der Waals surface area contributed by atoms with Gasteiger partial charge in [0, 0.05) is 39.8 Å². The summed E-state index contributed by atoms with van der Waals surface area (Å²) in [6.45, 7) is 9.58. The lowest BCUT2D eigenvalue weighted by Crippen LogP contribution is -2.64. The van der Waals surface area contributed by atoms with E-state index in [9.17, 15) is 49.8 Å². The lowest BCUT2D eigenvalue weighted by molar-refractivity contribution is -0.272. The van der Waals surface area contributed by atoms with E-state index in [1.807, 2.05) is 0 Å². The van der Waals surface area contributed by atoms with Gasteiger partial charge in [0.15, 0.2) is 12.6 Å². The van der Waals surface area contributed by atoms with Gasteiger partial charge in [-0.15, -0.1) is 0 Å². The molecular formula is C42H79N5O18. The van der Waals surface area contributed by atoms with E-state index in [0.717, 1.165) is 58.2 Å². The third-order valence-corrected chi connectivity index (χ3v) is 10.6. The molecule has 2 aliphatic rings. The van der Waals surface area contributed by atoms with E-state index in [4.69, 9.17) is 37.9 Å². The van der Waals surface area contributed by atoms with Crippen molar-refractivity contribution in [2.45, 2.75) is 133 Å². The van der Waals surface area contributed by atoms with Crippen LogP contribution in [0, 0.1) is 0 Å². The molecule has 380 valence electrons. The number of hydrogen-bond acceptors (Lipinski definition) is 19. The summed E-state index contributed by atoms with van der Waals surface area (Å²) < 4.78 is 44.1. The Morgan fingerprint density at radius 1 is 0.523 bits per heavy atom. The Balaban J connectivity index is 1.36. The zero-order chi connectivity index (χ0) is 47.8. The van der Waals surface area contributed by atoms with Crippen molar-refractivity contribution in [2.75, 3.05) is 112 Å². The van der Waals surface area contributed by atoms with Crippen molar-refractivity contribution in [1.82, 2.24) is 26.2 Å². The molecule has 0 radical (unpaired) electrons. The number of unbranched alkanes of at least 4 members (excludes halogenated alkanes) is 4. The van der Waals surface area contributed by atoms with Crippen molar-refractivity contribution in [2.24, 2.45) is 0 Å². The molecule has 0 aromatic rings. The number of carbonyl (C=O) groups is 4. The summed E-state index contributed by atoms with van der Waals surface area (Å²) in [5, 5.41) is 70.3. The van der Waals surface area contributed by atoms with Crippen LogP contribution in [0.15, 0.2) is 0 Å². The normalized spacial score (nSPS) is 25.6. The molecule has 4 unspecified atom stereocenters. The lowest BCUT2D eigenvalue weighted by Gasteiger charge is -2.42. The van der Waals surface area contributed by atoms with E-state index in [1.54, 1.807) is 0 Å². The highest BCUT2D eigenvalue weighted by Crippen LogP contribution is 2.23. The van der Waals surface area contributed by atoms with Crippen molar-refractivity contribution in [3.05, 3.63) is 0 Å². The highest BCUT2D eigenvalue weighted by atomic mass is 16.7. The maximum Gasteiger partial charge on any atom is 0.220 e. The third kappa shape index (κ3) is 24.7. The van der Waals surface area contributed by atoms with Crippen LogP contribution >= 0.6 is 0 Å². The molecule has 10 N–H and O–H groups in total. The predicted octanol–water partition coefficient (Wildman–Crippen LogP) is -3.35. The second kappa shape index (κ2) is 35.4. The van der Waals surface area contributed by atoms with Gasteiger partial charge < -0.3 is 94.7 Å². The van der Waals surface area contributed by atoms with Gasteiger partial charge in [0.25, 0.3) is 0 Å². The first-order valence-corrected chi connectivity index (χ1v) is 22.9. The summed E-state index contributed by atoms with van der Waals surface area (Å²) in [6, 6.07) is -2.03. The van der Waals surface area contributed by atoms with Gasteiger partial charge in [-0.1, -0.05) is 19.8 Å². The second-order valence-electron chi connectivity index (χ2n) is 15.8. The van der Waals surface area contributed by atoms with E-state index < -0.39 is 86.3 Å². The molecule has 0 aromatic heterocycles. The van der Waals surface area contributed by atoms with Crippen LogP contribution in [-0.4, -0.2) is 232 Å². The number of nitrogens with one attached hydrogen (secondary N) is 4. The number of nitrogens with zero attached hydrogens (tertiary/aromatic N) is 1. The van der Waals surface area contributed by atoms with Crippen LogP contribution in [0.4, 0.5) is 0 Å². The van der Waals surface area contributed by atoms with E-state index in [1.165, 1.54) is 13.8 Å². The maximum atomic E-state index is 12.2. The molecule has 2 aliphatic heterocycles. The van der Waals surface area contributed by atoms with Crippen molar-refractivity contribution in [1.29, 1.82) is 0 Å². The van der Waals surface area contributed by atoms with Crippen LogP contribution in [0.5, 0.6) is 0 Å². The molecular weight excluding hydrogens is 862 g/mol. The fourth-order valence-electron chi connectivity index (χ4n) is 7.04. The van der Waals surface area contributed by atoms with E-state index >= 15 is 0 Å². The molecule has 10 atom stereocenters. The topological polar surface area (TPSA) is 315 Å². The average Bonchev–Trinajstić information content (AvgIpc) is 3.28. The van der Waals surface area contributed by atoms with E-state index in [0.29, 0.717) is 52.4 Å². The molecule has 0 aromatic carbocycles. The largest absolute Gasteiger partial charge is 0.394 e. The Kier molecular flexibility index (Phi) is 31.8. The molecule has 0 bridgehead atoms. The first-order valence-electron chi connectivity index (χ1n) is 22.9. The fourth-order valence-corrected chi connectivity index (χ4v) is 7.04. The van der Waals surface area contributed by atoms with Gasteiger partial charge in [-0.3, -0.25) is 19.2 Å². The van der Waals surface area contributed by atoms with Crippen LogP contribution in [-0.2, 0) is 57.1 Å². The summed E-state index contributed by atoms with van der Waals surface area (Å²) in [6.07, 6.45) is -3.41. The zero-order valence-electron chi connectivity index (χ0n) is 38.5. The zero-order valence-corrected chi connectivity index (χ0v) is 38.5. The van der Waals surface area contributed by atoms with Crippen molar-refractivity contribution in [3.63, 3.8) is 0 Å². The van der Waals surface area contributed by atoms with E-state index in [2.05, 4.69) is 33.1 Å². The van der Waals surface area contributed by atoms with Crippen LogP contribution in [0.2, 0.25) is 0 Å². The average molecular weight is 942 g/mol. The molecule has 0 aliphatic carbocycles. The molecule has 0 saturated carbocycles. The first kappa shape index (κ1) is 58.4. The Labute approximate surface area is 382 Å². The summed E-state index contributed by atoms with van der Waals surface area (Å²) in [5.41, 5.74) is 0. The highest BCUT2D eigenvalue weighted by molar-refractivity contribution is 5.76. The number of rotatable bonds is 37. The van der Waals surface area contributed by atoms with Gasteiger partial charge in [0.05, 0.1) is 79.3 Å². The van der Waals surface area contributed by atoms with Gasteiger partial charge in [-0.2, -0.15) is 0 Å². The predicted molar refractivity (Wildman–Crippen MR) is 231 cm³/mol. The minimum atomic E-state index is -1.38. The van der Waals surface area contributed by atoms with E-state index in [-0.39, 0.29) is 51.5 Å². The molecule has 2 fully saturated rings. The summed E-state index contributed by atoms with van der Waals surface area (Å²) in [5.74, 6) is -0.909. The molecule has 4 amide bonds. The number of carbonyl (C=O) groups excluding carboxylic acids is 4. The van der Waals surface area contributed by atoms with Crippen LogP contribution in [0.1, 0.15) is 72.1 Å². The Morgan fingerprint density at radius 3 is 1.25 bits per heavy atom. The summed E-state index contributed by atoms with van der Waals surface area (Å²) in [7, 11) is 0. The first-order chi connectivity index (χ1) is 31.3. The number of aliphatic hydroxyl groups excluding tert-OH is 6. The Hall–Kier alpha value is -2.72. The number of aliphatic hydroxyl groups is 6. The molecule has 0 spiro atoms. The fraction of sp³-hybridized carbons (Fsp3) is 0.905. The lowest BCUT2D eigenvalue weighted by atomic mass is 9.97. The molecule has 2 rings (SSSR count). The smallest absolute Gasteiger partial charge is 0.220 e. The van der Waals surface area contributed by atoms with Crippen LogP contribution in [0.25, 0.3) is 0 Å². The molecule has 23 nitrogen and oxygen atoms in total. The number of amides is 4. The van der Waals surface area contributed by atoms with Crippen molar-refractivity contribution in [3.8, 4) is 0 Å². The Bertz CT molecular complexity index is 1200.